The second kappa shape index (κ2) is 14.0. The quantitative estimate of drug-likeness (QED) is 0.160. The molecular formula is C28H28F3N5O9S3. The Morgan fingerprint density at radius 3 is 2.10 bits per heavy atom. The molecule has 2 heterocycles. The third-order valence-corrected chi connectivity index (χ3v) is 11.6. The van der Waals surface area contributed by atoms with Gasteiger partial charge in [-0.05, 0) is 35.2 Å². The number of halogens is 3. The van der Waals surface area contributed by atoms with Gasteiger partial charge in [0.05, 0.1) is 29.2 Å². The molecule has 258 valence electrons. The van der Waals surface area contributed by atoms with Crippen LogP contribution in [0.2, 0.25) is 0 Å². The Labute approximate surface area is 272 Å². The molecule has 1 aromatic heterocycles. The third kappa shape index (κ3) is 9.37. The summed E-state index contributed by atoms with van der Waals surface area (Å²) >= 11 is 0. The maximum Gasteiger partial charge on any atom is 0.490 e. The summed E-state index contributed by atoms with van der Waals surface area (Å²) in [7, 11) is -12.4. The number of carboxylic acid groups (broad SMARTS) is 1. The van der Waals surface area contributed by atoms with Crippen LogP contribution in [-0.2, 0) is 46.1 Å². The van der Waals surface area contributed by atoms with Gasteiger partial charge in [-0.15, -0.1) is 0 Å². The lowest BCUT2D eigenvalue weighted by molar-refractivity contribution is -0.192. The summed E-state index contributed by atoms with van der Waals surface area (Å²) in [6.45, 7) is 0. The molecule has 0 bridgehead atoms. The fourth-order valence-corrected chi connectivity index (χ4v) is 9.37. The zero-order valence-electron chi connectivity index (χ0n) is 24.5. The van der Waals surface area contributed by atoms with E-state index in [9.17, 15) is 43.2 Å². The predicted molar refractivity (Wildman–Crippen MR) is 166 cm³/mol. The topological polar surface area (TPSA) is 236 Å². The number of hydrogen-bond donors (Lipinski definition) is 5. The molecule has 1 amide bonds. The van der Waals surface area contributed by atoms with Crippen molar-refractivity contribution < 1.29 is 53.1 Å². The first kappa shape index (κ1) is 36.5. The van der Waals surface area contributed by atoms with E-state index in [0.29, 0.717) is 28.0 Å². The van der Waals surface area contributed by atoms with E-state index < -0.39 is 70.4 Å². The van der Waals surface area contributed by atoms with Crippen LogP contribution in [0.4, 0.5) is 13.2 Å². The minimum Gasteiger partial charge on any atom is -0.475 e. The van der Waals surface area contributed by atoms with Crippen LogP contribution < -0.4 is 14.6 Å². The summed E-state index contributed by atoms with van der Waals surface area (Å²) in [6.07, 6.45) is -5.17. The van der Waals surface area contributed by atoms with Crippen LogP contribution in [0.25, 0.3) is 11.0 Å². The molecule has 4 aromatic rings. The number of nitrogens with one attached hydrogen (secondary N) is 3. The molecule has 2 unspecified atom stereocenters. The highest BCUT2D eigenvalue weighted by Crippen LogP contribution is 2.31. The van der Waals surface area contributed by atoms with E-state index in [4.69, 9.17) is 15.0 Å². The third-order valence-electron chi connectivity index (χ3n) is 7.03. The molecule has 1 fully saturated rings. The van der Waals surface area contributed by atoms with Crippen molar-refractivity contribution in [3.63, 3.8) is 0 Å². The Morgan fingerprint density at radius 1 is 1.00 bits per heavy atom. The van der Waals surface area contributed by atoms with Gasteiger partial charge in [0, 0.05) is 0 Å². The Bertz CT molecular complexity index is 2090. The number of H-pyrrole nitrogens is 1. The summed E-state index contributed by atoms with van der Waals surface area (Å²) in [6, 6.07) is 20.5. The van der Waals surface area contributed by atoms with Crippen molar-refractivity contribution in [2.45, 2.75) is 35.6 Å². The predicted octanol–water partition coefficient (Wildman–Crippen LogP) is 2.32. The number of imidazole rings is 1. The molecule has 5 rings (SSSR count). The van der Waals surface area contributed by atoms with E-state index in [1.807, 2.05) is 4.72 Å². The Balaban J connectivity index is 0.000000671. The molecule has 0 saturated carbocycles. The van der Waals surface area contributed by atoms with Gasteiger partial charge in [0.15, 0.2) is 0 Å². The van der Waals surface area contributed by atoms with Crippen LogP contribution in [0.3, 0.4) is 0 Å². The number of carbonyl (C=O) groups is 2. The number of amides is 1. The van der Waals surface area contributed by atoms with Crippen molar-refractivity contribution >= 4 is 53.0 Å². The summed E-state index contributed by atoms with van der Waals surface area (Å²) in [5.74, 6) is -3.84. The number of carbonyl (C=O) groups excluding carboxylic acids is 1. The van der Waals surface area contributed by atoms with Gasteiger partial charge in [-0.3, -0.25) is 9.52 Å². The molecule has 14 nitrogen and oxygen atoms in total. The summed E-state index contributed by atoms with van der Waals surface area (Å²) in [4.78, 5) is 28.2. The SMILES string of the molecule is NS(=O)(=O)C(CS(=O)(=O)N[C@@H](Cc1ccc(C2CC(=O)NS2(=O)=O)cc1)c1nc2ccccc2[nH]1)c1ccccc1.O=C(O)C(F)(F)F. The van der Waals surface area contributed by atoms with Crippen molar-refractivity contribution in [3.8, 4) is 0 Å². The lowest BCUT2D eigenvalue weighted by atomic mass is 10.0. The second-order valence-electron chi connectivity index (χ2n) is 10.6. The zero-order chi connectivity index (χ0) is 35.5. The Kier molecular flexibility index (Phi) is 10.6. The normalized spacial score (nSPS) is 17.6. The highest BCUT2D eigenvalue weighted by atomic mass is 32.2. The number of sulfonamides is 3. The number of nitrogens with zero attached hydrogens (tertiary/aromatic N) is 1. The number of carboxylic acids is 1. The number of hydrogen-bond acceptors (Lipinski definition) is 9. The monoisotopic (exact) mass is 731 g/mol. The molecule has 0 aliphatic carbocycles. The molecule has 20 heteroatoms. The van der Waals surface area contributed by atoms with E-state index in [-0.39, 0.29) is 18.4 Å². The number of benzene rings is 3. The van der Waals surface area contributed by atoms with E-state index >= 15 is 0 Å². The first-order valence-electron chi connectivity index (χ1n) is 13.7. The molecular weight excluding hydrogens is 704 g/mol. The molecule has 3 atom stereocenters. The molecule has 3 aromatic carbocycles. The van der Waals surface area contributed by atoms with Gasteiger partial charge in [0.25, 0.3) is 0 Å². The highest BCUT2D eigenvalue weighted by molar-refractivity contribution is 7.93. The van der Waals surface area contributed by atoms with Crippen LogP contribution in [0.5, 0.6) is 0 Å². The Hall–Kier alpha value is -4.37. The molecule has 1 aliphatic heterocycles. The van der Waals surface area contributed by atoms with Crippen molar-refractivity contribution in [2.75, 3.05) is 5.75 Å². The van der Waals surface area contributed by atoms with E-state index in [0.717, 1.165) is 0 Å². The molecule has 1 aliphatic rings. The number of rotatable bonds is 10. The van der Waals surface area contributed by atoms with E-state index in [2.05, 4.69) is 14.7 Å². The van der Waals surface area contributed by atoms with Gasteiger partial charge in [0.2, 0.25) is 36.0 Å². The van der Waals surface area contributed by atoms with Crippen LogP contribution >= 0.6 is 0 Å². The number of aromatic nitrogens is 2. The molecule has 6 N–H and O–H groups in total. The standard InChI is InChI=1S/C26H27N5O7S3.C2HF3O2/c27-40(35,36)24(18-6-2-1-3-7-18)16-39(33,34)30-22(26-28-20-8-4-5-9-21(20)29-26)14-17-10-12-19(13-11-17)23-15-25(32)31-41(23,37)38;3-2(4,5)1(6)7/h1-13,22-24,30H,14-16H2,(H,28,29)(H,31,32)(H2,27,35,36);(H,6,7)/t22-,23?,24?;/m0./s1. The van der Waals surface area contributed by atoms with Crippen molar-refractivity contribution in [3.05, 3.63) is 101 Å². The Morgan fingerprint density at radius 2 is 1.58 bits per heavy atom. The van der Waals surface area contributed by atoms with Crippen molar-refractivity contribution in [1.29, 1.82) is 0 Å². The number of fused-ring (bicyclic) bond motifs is 1. The van der Waals surface area contributed by atoms with Crippen molar-refractivity contribution in [2.24, 2.45) is 5.14 Å². The molecule has 1 saturated heterocycles. The maximum absolute atomic E-state index is 13.4. The van der Waals surface area contributed by atoms with Crippen molar-refractivity contribution in [1.82, 2.24) is 19.4 Å². The second-order valence-corrected chi connectivity index (χ2v) is 16.0. The average Bonchev–Trinajstić information content (AvgIpc) is 3.55. The van der Waals surface area contributed by atoms with Gasteiger partial charge < -0.3 is 10.1 Å². The first-order valence-corrected chi connectivity index (χ1v) is 18.5. The summed E-state index contributed by atoms with van der Waals surface area (Å²) in [5.41, 5.74) is 2.59. The van der Waals surface area contributed by atoms with Crippen LogP contribution in [0.1, 0.15) is 45.5 Å². The zero-order valence-corrected chi connectivity index (χ0v) is 26.9. The number of primary sulfonamides is 1. The van der Waals surface area contributed by atoms with E-state index in [1.54, 1.807) is 66.7 Å². The fourth-order valence-electron chi connectivity index (χ4n) is 4.79. The summed E-state index contributed by atoms with van der Waals surface area (Å²) < 4.78 is 112. The smallest absolute Gasteiger partial charge is 0.475 e. The van der Waals surface area contributed by atoms with E-state index in [1.165, 1.54) is 12.1 Å². The minimum atomic E-state index is -5.08. The lowest BCUT2D eigenvalue weighted by Crippen LogP contribution is -2.37. The molecule has 0 radical (unpaired) electrons. The molecule has 48 heavy (non-hydrogen) atoms. The minimum absolute atomic E-state index is 0.0965. The van der Waals surface area contributed by atoms with Gasteiger partial charge in [-0.25, -0.2) is 44.9 Å². The number of aliphatic carboxylic acids is 1. The van der Waals surface area contributed by atoms with Crippen LogP contribution in [0, 0.1) is 0 Å². The molecule has 0 spiro atoms. The lowest BCUT2D eigenvalue weighted by Gasteiger charge is -2.20. The van der Waals surface area contributed by atoms with Crippen LogP contribution in [-0.4, -0.2) is 64.1 Å². The maximum atomic E-state index is 13.4. The summed E-state index contributed by atoms with van der Waals surface area (Å²) in [5, 5.41) is 10.0. The van der Waals surface area contributed by atoms with Crippen LogP contribution in [0.15, 0.2) is 78.9 Å². The fraction of sp³-hybridized carbons (Fsp3) is 0.250. The number of nitrogens with two attached hydrogens (primary N) is 1. The highest BCUT2D eigenvalue weighted by Gasteiger charge is 2.39. The van der Waals surface area contributed by atoms with Gasteiger partial charge in [0.1, 0.15) is 16.3 Å². The number of alkyl halides is 3. The average molecular weight is 732 g/mol. The number of aromatic amines is 1. The number of para-hydroxylation sites is 2. The first-order chi connectivity index (χ1) is 22.2. The largest absolute Gasteiger partial charge is 0.490 e. The van der Waals surface area contributed by atoms with Gasteiger partial charge in [-0.2, -0.15) is 13.2 Å². The van der Waals surface area contributed by atoms with Gasteiger partial charge in [-0.1, -0.05) is 66.7 Å². The van der Waals surface area contributed by atoms with Gasteiger partial charge >= 0.3 is 12.1 Å².